The first kappa shape index (κ1) is 13.6. The molecule has 1 aromatic heterocycles. The van der Waals surface area contributed by atoms with Gasteiger partial charge in [-0.15, -0.1) is 0 Å². The zero-order valence-electron chi connectivity index (χ0n) is 11.7. The number of hydrogen-bond acceptors (Lipinski definition) is 2. The number of anilines is 1. The van der Waals surface area contributed by atoms with Crippen molar-refractivity contribution in [1.29, 1.82) is 0 Å². The summed E-state index contributed by atoms with van der Waals surface area (Å²) in [5, 5.41) is 7.81. The third-order valence-electron chi connectivity index (χ3n) is 3.35. The molecule has 3 nitrogen and oxygen atoms in total. The van der Waals surface area contributed by atoms with Crippen molar-refractivity contribution in [2.75, 3.05) is 5.32 Å². The molecule has 1 unspecified atom stereocenters. The normalized spacial score (nSPS) is 12.4. The average Bonchev–Trinajstić information content (AvgIpc) is 2.85. The number of hydrogen-bond donors (Lipinski definition) is 1. The number of nitrogens with one attached hydrogen (secondary N) is 1. The number of rotatable bonds is 5. The SMILES string of the molecule is CCC(C)n1ccc(CNc2ccc(F)cc2C)n1. The minimum absolute atomic E-state index is 0.205. The van der Waals surface area contributed by atoms with Crippen LogP contribution in [0, 0.1) is 12.7 Å². The lowest BCUT2D eigenvalue weighted by Crippen LogP contribution is -2.07. The van der Waals surface area contributed by atoms with Crippen molar-refractivity contribution in [2.24, 2.45) is 0 Å². The highest BCUT2D eigenvalue weighted by atomic mass is 19.1. The highest BCUT2D eigenvalue weighted by molar-refractivity contribution is 5.50. The van der Waals surface area contributed by atoms with Crippen molar-refractivity contribution in [3.8, 4) is 0 Å². The summed E-state index contributed by atoms with van der Waals surface area (Å²) in [5.41, 5.74) is 2.84. The monoisotopic (exact) mass is 261 g/mol. The number of benzene rings is 1. The Morgan fingerprint density at radius 2 is 2.16 bits per heavy atom. The zero-order chi connectivity index (χ0) is 13.8. The van der Waals surface area contributed by atoms with Crippen LogP contribution in [0.15, 0.2) is 30.5 Å². The molecule has 1 N–H and O–H groups in total. The van der Waals surface area contributed by atoms with Gasteiger partial charge in [0.05, 0.1) is 12.2 Å². The van der Waals surface area contributed by atoms with Crippen molar-refractivity contribution in [2.45, 2.75) is 39.8 Å². The van der Waals surface area contributed by atoms with Crippen LogP contribution in [0.3, 0.4) is 0 Å². The third kappa shape index (κ3) is 3.34. The van der Waals surface area contributed by atoms with E-state index in [4.69, 9.17) is 0 Å². The standard InChI is InChI=1S/C15H20FN3/c1-4-12(3)19-8-7-14(18-19)10-17-15-6-5-13(16)9-11(15)2/h5-9,12,17H,4,10H2,1-3H3. The predicted molar refractivity (Wildman–Crippen MR) is 75.7 cm³/mol. The maximum absolute atomic E-state index is 13.0. The average molecular weight is 261 g/mol. The summed E-state index contributed by atoms with van der Waals surface area (Å²) in [7, 11) is 0. The van der Waals surface area contributed by atoms with E-state index in [-0.39, 0.29) is 5.82 Å². The molecule has 1 heterocycles. The second-order valence-corrected chi connectivity index (χ2v) is 4.86. The Hall–Kier alpha value is -1.84. The fraction of sp³-hybridized carbons (Fsp3) is 0.400. The van der Waals surface area contributed by atoms with E-state index in [0.717, 1.165) is 23.4 Å². The molecule has 0 saturated carbocycles. The smallest absolute Gasteiger partial charge is 0.123 e. The van der Waals surface area contributed by atoms with Gasteiger partial charge in [-0.25, -0.2) is 4.39 Å². The number of halogens is 1. The molecule has 2 rings (SSSR count). The van der Waals surface area contributed by atoms with Crippen molar-refractivity contribution < 1.29 is 4.39 Å². The van der Waals surface area contributed by atoms with Crippen molar-refractivity contribution in [3.63, 3.8) is 0 Å². The molecule has 2 aromatic rings. The molecule has 0 aliphatic heterocycles. The first-order valence-electron chi connectivity index (χ1n) is 6.64. The Bertz CT molecular complexity index is 548. The summed E-state index contributed by atoms with van der Waals surface area (Å²) in [4.78, 5) is 0. The van der Waals surface area contributed by atoms with Crippen molar-refractivity contribution in [3.05, 3.63) is 47.5 Å². The third-order valence-corrected chi connectivity index (χ3v) is 3.35. The second-order valence-electron chi connectivity index (χ2n) is 4.86. The van der Waals surface area contributed by atoms with Gasteiger partial charge in [-0.05, 0) is 50.1 Å². The van der Waals surface area contributed by atoms with Gasteiger partial charge in [0.1, 0.15) is 5.82 Å². The van der Waals surface area contributed by atoms with Crippen LogP contribution in [-0.2, 0) is 6.54 Å². The largest absolute Gasteiger partial charge is 0.379 e. The van der Waals surface area contributed by atoms with E-state index < -0.39 is 0 Å². The zero-order valence-corrected chi connectivity index (χ0v) is 11.7. The molecule has 0 aliphatic carbocycles. The van der Waals surface area contributed by atoms with Crippen LogP contribution >= 0.6 is 0 Å². The van der Waals surface area contributed by atoms with E-state index in [1.54, 1.807) is 6.07 Å². The van der Waals surface area contributed by atoms with Crippen LogP contribution < -0.4 is 5.32 Å². The summed E-state index contributed by atoms with van der Waals surface area (Å²) in [6.45, 7) is 6.83. The number of nitrogens with zero attached hydrogens (tertiary/aromatic N) is 2. The van der Waals surface area contributed by atoms with Crippen LogP contribution in [0.25, 0.3) is 0 Å². The van der Waals surface area contributed by atoms with Gasteiger partial charge in [-0.3, -0.25) is 4.68 Å². The fourth-order valence-electron chi connectivity index (χ4n) is 1.92. The topological polar surface area (TPSA) is 29.9 Å². The van der Waals surface area contributed by atoms with Crippen LogP contribution in [0.4, 0.5) is 10.1 Å². The summed E-state index contributed by atoms with van der Waals surface area (Å²) in [6.07, 6.45) is 3.06. The molecule has 0 fully saturated rings. The van der Waals surface area contributed by atoms with E-state index in [1.807, 2.05) is 23.9 Å². The van der Waals surface area contributed by atoms with E-state index in [0.29, 0.717) is 12.6 Å². The Morgan fingerprint density at radius 3 is 2.84 bits per heavy atom. The van der Waals surface area contributed by atoms with Gasteiger partial charge in [0.2, 0.25) is 0 Å². The summed E-state index contributed by atoms with van der Waals surface area (Å²) in [5.74, 6) is -0.205. The van der Waals surface area contributed by atoms with Gasteiger partial charge in [-0.1, -0.05) is 6.92 Å². The molecule has 0 saturated heterocycles. The van der Waals surface area contributed by atoms with Gasteiger partial charge in [0.15, 0.2) is 0 Å². The van der Waals surface area contributed by atoms with Crippen LogP contribution in [0.2, 0.25) is 0 Å². The lowest BCUT2D eigenvalue weighted by molar-refractivity contribution is 0.474. The molecule has 4 heteroatoms. The predicted octanol–water partition coefficient (Wildman–Crippen LogP) is 3.91. The lowest BCUT2D eigenvalue weighted by atomic mass is 10.2. The van der Waals surface area contributed by atoms with E-state index in [1.165, 1.54) is 12.1 Å². The molecule has 1 aromatic carbocycles. The minimum atomic E-state index is -0.205. The van der Waals surface area contributed by atoms with Gasteiger partial charge in [0, 0.05) is 17.9 Å². The molecule has 0 amide bonds. The molecular weight excluding hydrogens is 241 g/mol. The highest BCUT2D eigenvalue weighted by Crippen LogP contribution is 2.17. The number of aromatic nitrogens is 2. The molecule has 0 bridgehead atoms. The van der Waals surface area contributed by atoms with E-state index in [9.17, 15) is 4.39 Å². The van der Waals surface area contributed by atoms with Gasteiger partial charge in [-0.2, -0.15) is 5.10 Å². The Labute approximate surface area is 113 Å². The van der Waals surface area contributed by atoms with Crippen LogP contribution in [-0.4, -0.2) is 9.78 Å². The molecule has 102 valence electrons. The van der Waals surface area contributed by atoms with Gasteiger partial charge >= 0.3 is 0 Å². The Kier molecular flexibility index (Phi) is 4.20. The fourth-order valence-corrected chi connectivity index (χ4v) is 1.92. The van der Waals surface area contributed by atoms with Gasteiger partial charge in [0.25, 0.3) is 0 Å². The summed E-state index contributed by atoms with van der Waals surface area (Å²) < 4.78 is 15.0. The molecule has 0 radical (unpaired) electrons. The van der Waals surface area contributed by atoms with E-state index >= 15 is 0 Å². The Morgan fingerprint density at radius 1 is 1.37 bits per heavy atom. The molecule has 0 aliphatic rings. The molecular formula is C15H20FN3. The first-order valence-corrected chi connectivity index (χ1v) is 6.64. The van der Waals surface area contributed by atoms with Gasteiger partial charge < -0.3 is 5.32 Å². The minimum Gasteiger partial charge on any atom is -0.379 e. The Balaban J connectivity index is 2.00. The summed E-state index contributed by atoms with van der Waals surface area (Å²) >= 11 is 0. The second kappa shape index (κ2) is 5.87. The maximum Gasteiger partial charge on any atom is 0.123 e. The maximum atomic E-state index is 13.0. The first-order chi connectivity index (χ1) is 9.10. The lowest BCUT2D eigenvalue weighted by Gasteiger charge is -2.09. The van der Waals surface area contributed by atoms with Crippen LogP contribution in [0.1, 0.15) is 37.6 Å². The quantitative estimate of drug-likeness (QED) is 0.884. The van der Waals surface area contributed by atoms with Crippen LogP contribution in [0.5, 0.6) is 0 Å². The van der Waals surface area contributed by atoms with Crippen molar-refractivity contribution >= 4 is 5.69 Å². The summed E-state index contributed by atoms with van der Waals surface area (Å²) in [6, 6.07) is 7.18. The van der Waals surface area contributed by atoms with Crippen molar-refractivity contribution in [1.82, 2.24) is 9.78 Å². The molecule has 19 heavy (non-hydrogen) atoms. The molecule has 1 atom stereocenters. The van der Waals surface area contributed by atoms with E-state index in [2.05, 4.69) is 24.3 Å². The highest BCUT2D eigenvalue weighted by Gasteiger charge is 2.05. The molecule has 0 spiro atoms. The number of aryl methyl sites for hydroxylation is 1.